The first-order chi connectivity index (χ1) is 10.8. The second-order valence-corrected chi connectivity index (χ2v) is 7.32. The maximum absolute atomic E-state index is 3.49. The molecular formula is C18H28N4. The van der Waals surface area contributed by atoms with Crippen LogP contribution in [-0.4, -0.2) is 68.8 Å². The number of piperazine rings is 1. The van der Waals surface area contributed by atoms with Gasteiger partial charge in [0.15, 0.2) is 0 Å². The van der Waals surface area contributed by atoms with Crippen molar-refractivity contribution in [2.75, 3.05) is 63.9 Å². The lowest BCUT2D eigenvalue weighted by Gasteiger charge is -2.54. The van der Waals surface area contributed by atoms with Crippen molar-refractivity contribution in [1.82, 2.24) is 15.1 Å². The molecule has 0 saturated carbocycles. The van der Waals surface area contributed by atoms with Crippen LogP contribution in [0.3, 0.4) is 0 Å². The number of anilines is 1. The van der Waals surface area contributed by atoms with Gasteiger partial charge in [-0.15, -0.1) is 0 Å². The largest absolute Gasteiger partial charge is 0.369 e. The highest BCUT2D eigenvalue weighted by atomic mass is 15.4. The quantitative estimate of drug-likeness (QED) is 0.912. The van der Waals surface area contributed by atoms with Gasteiger partial charge in [-0.25, -0.2) is 0 Å². The topological polar surface area (TPSA) is 21.8 Å². The SMILES string of the molecule is c1ccc(N2CCN(CN3CC4(CCNCC4)C3)CC2)cc1. The van der Waals surface area contributed by atoms with Gasteiger partial charge in [-0.2, -0.15) is 0 Å². The van der Waals surface area contributed by atoms with Crippen LogP contribution >= 0.6 is 0 Å². The Morgan fingerprint density at radius 3 is 2.23 bits per heavy atom. The van der Waals surface area contributed by atoms with Crippen molar-refractivity contribution in [2.24, 2.45) is 5.41 Å². The highest BCUT2D eigenvalue weighted by Gasteiger charge is 2.43. The van der Waals surface area contributed by atoms with Gasteiger partial charge in [0.1, 0.15) is 0 Å². The van der Waals surface area contributed by atoms with E-state index in [1.807, 2.05) is 0 Å². The molecule has 4 rings (SSSR count). The third-order valence-corrected chi connectivity index (χ3v) is 5.68. The number of para-hydroxylation sites is 1. The van der Waals surface area contributed by atoms with Crippen molar-refractivity contribution in [1.29, 1.82) is 0 Å². The number of rotatable bonds is 3. The highest BCUT2D eigenvalue weighted by molar-refractivity contribution is 5.46. The van der Waals surface area contributed by atoms with Gasteiger partial charge >= 0.3 is 0 Å². The van der Waals surface area contributed by atoms with E-state index in [-0.39, 0.29) is 0 Å². The zero-order valence-corrected chi connectivity index (χ0v) is 13.5. The van der Waals surface area contributed by atoms with Gasteiger partial charge in [-0.3, -0.25) is 9.80 Å². The standard InChI is InChI=1S/C18H28N4/c1-2-4-17(5-3-1)22-12-10-20(11-13-22)16-21-14-18(15-21)6-8-19-9-7-18/h1-5,19H,6-16H2. The number of hydrogen-bond donors (Lipinski definition) is 1. The summed E-state index contributed by atoms with van der Waals surface area (Å²) >= 11 is 0. The molecule has 4 nitrogen and oxygen atoms in total. The first-order valence-corrected chi connectivity index (χ1v) is 8.79. The first kappa shape index (κ1) is 14.5. The van der Waals surface area contributed by atoms with Crippen LogP contribution in [0.2, 0.25) is 0 Å². The average molecular weight is 300 g/mol. The molecule has 0 bridgehead atoms. The Balaban J connectivity index is 1.22. The Labute approximate surface area is 134 Å². The fourth-order valence-electron chi connectivity index (χ4n) is 4.34. The molecule has 1 aromatic carbocycles. The van der Waals surface area contributed by atoms with Crippen molar-refractivity contribution >= 4 is 5.69 Å². The van der Waals surface area contributed by atoms with Crippen LogP contribution in [0.15, 0.2) is 30.3 Å². The fraction of sp³-hybridized carbons (Fsp3) is 0.667. The molecule has 1 N–H and O–H groups in total. The van der Waals surface area contributed by atoms with E-state index in [2.05, 4.69) is 50.3 Å². The third-order valence-electron chi connectivity index (χ3n) is 5.68. The van der Waals surface area contributed by atoms with Crippen LogP contribution in [0, 0.1) is 5.41 Å². The van der Waals surface area contributed by atoms with E-state index in [0.29, 0.717) is 5.41 Å². The summed E-state index contributed by atoms with van der Waals surface area (Å²) in [7, 11) is 0. The predicted molar refractivity (Wildman–Crippen MR) is 91.2 cm³/mol. The van der Waals surface area contributed by atoms with Crippen molar-refractivity contribution < 1.29 is 0 Å². The van der Waals surface area contributed by atoms with E-state index >= 15 is 0 Å². The summed E-state index contributed by atoms with van der Waals surface area (Å²) in [5.41, 5.74) is 2.04. The minimum Gasteiger partial charge on any atom is -0.369 e. The molecule has 0 aliphatic carbocycles. The van der Waals surface area contributed by atoms with Crippen LogP contribution in [0.25, 0.3) is 0 Å². The minimum atomic E-state index is 0.664. The highest BCUT2D eigenvalue weighted by Crippen LogP contribution is 2.38. The molecular weight excluding hydrogens is 272 g/mol. The van der Waals surface area contributed by atoms with Gasteiger partial charge in [0.2, 0.25) is 0 Å². The number of nitrogens with zero attached hydrogens (tertiary/aromatic N) is 3. The van der Waals surface area contributed by atoms with Crippen molar-refractivity contribution in [3.63, 3.8) is 0 Å². The molecule has 3 fully saturated rings. The van der Waals surface area contributed by atoms with E-state index in [9.17, 15) is 0 Å². The Kier molecular flexibility index (Phi) is 4.07. The normalized spacial score (nSPS) is 26.1. The lowest BCUT2D eigenvalue weighted by atomic mass is 9.72. The van der Waals surface area contributed by atoms with Crippen LogP contribution < -0.4 is 10.2 Å². The zero-order chi connectivity index (χ0) is 14.8. The summed E-state index contributed by atoms with van der Waals surface area (Å²) in [6.07, 6.45) is 2.76. The molecule has 3 aliphatic heterocycles. The zero-order valence-electron chi connectivity index (χ0n) is 13.5. The Bertz CT molecular complexity index is 467. The number of likely N-dealkylation sites (tertiary alicyclic amines) is 1. The Morgan fingerprint density at radius 1 is 0.864 bits per heavy atom. The molecule has 1 spiro atoms. The van der Waals surface area contributed by atoms with Gasteiger partial charge in [-0.1, -0.05) is 18.2 Å². The second kappa shape index (κ2) is 6.19. The molecule has 0 radical (unpaired) electrons. The second-order valence-electron chi connectivity index (χ2n) is 7.32. The summed E-state index contributed by atoms with van der Waals surface area (Å²) < 4.78 is 0. The van der Waals surface area contributed by atoms with Crippen molar-refractivity contribution in [3.05, 3.63) is 30.3 Å². The molecule has 3 heterocycles. The van der Waals surface area contributed by atoms with E-state index in [4.69, 9.17) is 0 Å². The molecule has 22 heavy (non-hydrogen) atoms. The smallest absolute Gasteiger partial charge is 0.0508 e. The summed E-state index contributed by atoms with van der Waals surface area (Å²) in [5, 5.41) is 3.49. The molecule has 0 aromatic heterocycles. The molecule has 0 amide bonds. The number of hydrogen-bond acceptors (Lipinski definition) is 4. The maximum atomic E-state index is 3.49. The van der Waals surface area contributed by atoms with Crippen LogP contribution in [0.4, 0.5) is 5.69 Å². The maximum Gasteiger partial charge on any atom is 0.0508 e. The molecule has 3 aliphatic rings. The Hall–Kier alpha value is -1.10. The van der Waals surface area contributed by atoms with Gasteiger partial charge in [-0.05, 0) is 43.5 Å². The monoisotopic (exact) mass is 300 g/mol. The van der Waals surface area contributed by atoms with Gasteiger partial charge in [0.05, 0.1) is 6.67 Å². The van der Waals surface area contributed by atoms with Crippen LogP contribution in [-0.2, 0) is 0 Å². The van der Waals surface area contributed by atoms with Crippen LogP contribution in [0.5, 0.6) is 0 Å². The summed E-state index contributed by atoms with van der Waals surface area (Å²) in [5.74, 6) is 0. The number of benzene rings is 1. The fourth-order valence-corrected chi connectivity index (χ4v) is 4.34. The number of nitrogens with one attached hydrogen (secondary N) is 1. The van der Waals surface area contributed by atoms with Gasteiger partial charge in [0, 0.05) is 45.0 Å². The molecule has 3 saturated heterocycles. The van der Waals surface area contributed by atoms with E-state index < -0.39 is 0 Å². The molecule has 0 unspecified atom stereocenters. The molecule has 4 heteroatoms. The summed E-state index contributed by atoms with van der Waals surface area (Å²) in [4.78, 5) is 7.80. The van der Waals surface area contributed by atoms with Crippen LogP contribution in [0.1, 0.15) is 12.8 Å². The molecule has 120 valence electrons. The lowest BCUT2D eigenvalue weighted by molar-refractivity contribution is -0.0541. The minimum absolute atomic E-state index is 0.664. The summed E-state index contributed by atoms with van der Waals surface area (Å²) in [6, 6.07) is 10.8. The van der Waals surface area contributed by atoms with E-state index in [1.165, 1.54) is 64.5 Å². The van der Waals surface area contributed by atoms with Crippen molar-refractivity contribution in [3.8, 4) is 0 Å². The molecule has 1 aromatic rings. The van der Waals surface area contributed by atoms with Gasteiger partial charge < -0.3 is 10.2 Å². The Morgan fingerprint density at radius 2 is 1.55 bits per heavy atom. The lowest BCUT2D eigenvalue weighted by Crippen LogP contribution is -2.63. The first-order valence-electron chi connectivity index (χ1n) is 8.79. The van der Waals surface area contributed by atoms with E-state index in [1.54, 1.807) is 0 Å². The number of piperidine rings is 1. The third kappa shape index (κ3) is 3.00. The predicted octanol–water partition coefficient (Wildman–Crippen LogP) is 1.45. The van der Waals surface area contributed by atoms with Gasteiger partial charge in [0.25, 0.3) is 0 Å². The summed E-state index contributed by atoms with van der Waals surface area (Å²) in [6.45, 7) is 11.0. The van der Waals surface area contributed by atoms with Crippen molar-refractivity contribution in [2.45, 2.75) is 12.8 Å². The molecule has 0 atom stereocenters. The van der Waals surface area contributed by atoms with E-state index in [0.717, 1.165) is 13.1 Å². The average Bonchev–Trinajstić information content (AvgIpc) is 2.56.